The van der Waals surface area contributed by atoms with Crippen molar-refractivity contribution in [3.05, 3.63) is 72.6 Å². The number of carbonyl (C=O) groups excluding carboxylic acids is 1. The van der Waals surface area contributed by atoms with Gasteiger partial charge in [-0.1, -0.05) is 34.5 Å². The average molecular weight is 645 g/mol. The van der Waals surface area contributed by atoms with Gasteiger partial charge in [0, 0.05) is 38.6 Å². The van der Waals surface area contributed by atoms with Crippen molar-refractivity contribution in [2.75, 3.05) is 31.5 Å². The second kappa shape index (κ2) is 11.0. The molecular weight excluding hydrogens is 615 g/mol. The Hall–Kier alpha value is -1.84. The van der Waals surface area contributed by atoms with Crippen LogP contribution in [0, 0.1) is 3.57 Å². The van der Waals surface area contributed by atoms with Crippen LogP contribution in [0.4, 0.5) is 5.82 Å². The summed E-state index contributed by atoms with van der Waals surface area (Å²) in [7, 11) is 0. The van der Waals surface area contributed by atoms with E-state index in [2.05, 4.69) is 73.0 Å². The van der Waals surface area contributed by atoms with Crippen molar-refractivity contribution in [3.8, 4) is 11.1 Å². The number of aromatic nitrogens is 2. The summed E-state index contributed by atoms with van der Waals surface area (Å²) < 4.78 is 2.26. The average Bonchev–Trinajstić information content (AvgIpc) is 3.19. The molecule has 1 aliphatic carbocycles. The molecule has 1 aliphatic heterocycles. The standard InChI is InChI=1S/C28H30BrIN4O/c1-18(35)20-6-7-24-21(15-20)16-25-27(24)28(31-8-5-11-34-9-3-2-4-10-34)33-26(32-25)14-19-12-22(29)17-23(30)13-19/h6-7,12-13,15,17H,2-5,8-11,14,16H2,1H3,(H,31,32,33). The number of fused-ring (bicyclic) bond motifs is 3. The first-order valence-corrected chi connectivity index (χ1v) is 14.3. The number of nitrogens with one attached hydrogen (secondary N) is 1. The predicted molar refractivity (Wildman–Crippen MR) is 153 cm³/mol. The summed E-state index contributed by atoms with van der Waals surface area (Å²) in [5.74, 6) is 1.84. The molecule has 0 spiro atoms. The fraction of sp³-hybridized carbons (Fsp3) is 0.393. The van der Waals surface area contributed by atoms with Crippen molar-refractivity contribution in [3.63, 3.8) is 0 Å². The number of ketones is 1. The first-order valence-electron chi connectivity index (χ1n) is 12.4. The number of nitrogens with zero attached hydrogens (tertiary/aromatic N) is 3. The molecule has 7 heteroatoms. The zero-order valence-corrected chi connectivity index (χ0v) is 23.8. The van der Waals surface area contributed by atoms with Crippen LogP contribution in [0.1, 0.15) is 65.6 Å². The Morgan fingerprint density at radius 2 is 1.94 bits per heavy atom. The molecule has 3 aromatic rings. The SMILES string of the molecule is CC(=O)c1ccc2c(c1)Cc1nc(Cc3cc(Br)cc(I)c3)nc(NCCCN3CCCCC3)c1-2. The summed E-state index contributed by atoms with van der Waals surface area (Å²) in [4.78, 5) is 24.5. The monoisotopic (exact) mass is 644 g/mol. The Morgan fingerprint density at radius 1 is 1.11 bits per heavy atom. The summed E-state index contributed by atoms with van der Waals surface area (Å²) in [6.07, 6.45) is 6.52. The van der Waals surface area contributed by atoms with Gasteiger partial charge in [0.15, 0.2) is 5.78 Å². The van der Waals surface area contributed by atoms with Gasteiger partial charge in [0.25, 0.3) is 0 Å². The zero-order valence-electron chi connectivity index (χ0n) is 20.0. The van der Waals surface area contributed by atoms with Gasteiger partial charge in [0.1, 0.15) is 11.6 Å². The molecule has 1 saturated heterocycles. The molecular formula is C28H30BrIN4O. The van der Waals surface area contributed by atoms with Gasteiger partial charge in [-0.05, 0) is 109 Å². The lowest BCUT2D eigenvalue weighted by atomic mass is 10.0. The van der Waals surface area contributed by atoms with E-state index in [-0.39, 0.29) is 5.78 Å². The van der Waals surface area contributed by atoms with Crippen LogP contribution in [0.25, 0.3) is 11.1 Å². The fourth-order valence-electron chi connectivity index (χ4n) is 5.15. The highest BCUT2D eigenvalue weighted by Gasteiger charge is 2.26. The number of benzene rings is 2. The van der Waals surface area contributed by atoms with Gasteiger partial charge in [-0.15, -0.1) is 0 Å². The van der Waals surface area contributed by atoms with Crippen molar-refractivity contribution in [2.24, 2.45) is 0 Å². The molecule has 0 amide bonds. The first-order chi connectivity index (χ1) is 17.0. The lowest BCUT2D eigenvalue weighted by molar-refractivity contribution is 0.101. The van der Waals surface area contributed by atoms with Crippen molar-refractivity contribution in [2.45, 2.75) is 45.4 Å². The maximum atomic E-state index is 12.0. The highest BCUT2D eigenvalue weighted by atomic mass is 127. The van der Waals surface area contributed by atoms with Gasteiger partial charge >= 0.3 is 0 Å². The first kappa shape index (κ1) is 24.8. The number of rotatable bonds is 8. The van der Waals surface area contributed by atoms with Gasteiger partial charge < -0.3 is 10.2 Å². The van der Waals surface area contributed by atoms with Crippen molar-refractivity contribution in [1.29, 1.82) is 0 Å². The minimum Gasteiger partial charge on any atom is -0.369 e. The molecule has 0 atom stereocenters. The quantitative estimate of drug-likeness (QED) is 0.135. The van der Waals surface area contributed by atoms with Crippen LogP contribution in [0.3, 0.4) is 0 Å². The summed E-state index contributed by atoms with van der Waals surface area (Å²) in [5, 5.41) is 3.66. The third kappa shape index (κ3) is 5.94. The van der Waals surface area contributed by atoms with Crippen LogP contribution in [0.5, 0.6) is 0 Å². The maximum absolute atomic E-state index is 12.0. The van der Waals surface area contributed by atoms with Gasteiger partial charge in [-0.25, -0.2) is 9.97 Å². The van der Waals surface area contributed by atoms with Gasteiger partial charge in [-0.3, -0.25) is 4.79 Å². The molecule has 1 aromatic heterocycles. The van der Waals surface area contributed by atoms with E-state index in [1.54, 1.807) is 6.92 Å². The molecule has 0 bridgehead atoms. The Balaban J connectivity index is 1.41. The summed E-state index contributed by atoms with van der Waals surface area (Å²) in [5.41, 5.74) is 6.40. The van der Waals surface area contributed by atoms with E-state index < -0.39 is 0 Å². The third-order valence-corrected chi connectivity index (χ3v) is 7.93. The van der Waals surface area contributed by atoms with E-state index in [0.29, 0.717) is 6.42 Å². The van der Waals surface area contributed by atoms with Crippen molar-refractivity contribution < 1.29 is 4.79 Å². The van der Waals surface area contributed by atoms with Gasteiger partial charge in [0.2, 0.25) is 0 Å². The molecule has 35 heavy (non-hydrogen) atoms. The van der Waals surface area contributed by atoms with Crippen molar-refractivity contribution in [1.82, 2.24) is 14.9 Å². The van der Waals surface area contributed by atoms with Crippen LogP contribution in [0.15, 0.2) is 40.9 Å². The van der Waals surface area contributed by atoms with Crippen LogP contribution < -0.4 is 5.32 Å². The number of likely N-dealkylation sites (tertiary alicyclic amines) is 1. The summed E-state index contributed by atoms with van der Waals surface area (Å²) in [6.45, 7) is 6.09. The maximum Gasteiger partial charge on any atom is 0.159 e. The molecule has 5 nitrogen and oxygen atoms in total. The number of Topliss-reactive ketones (excluding diaryl/α,β-unsaturated/α-hetero) is 1. The molecule has 0 radical (unpaired) electrons. The Bertz CT molecular complexity index is 1240. The fourth-order valence-corrected chi connectivity index (χ4v) is 6.85. The van der Waals surface area contributed by atoms with E-state index in [9.17, 15) is 4.79 Å². The topological polar surface area (TPSA) is 58.1 Å². The molecule has 0 unspecified atom stereocenters. The third-order valence-electron chi connectivity index (χ3n) is 6.85. The van der Waals surface area contributed by atoms with Crippen LogP contribution in [0.2, 0.25) is 0 Å². The van der Waals surface area contributed by atoms with E-state index in [4.69, 9.17) is 9.97 Å². The Labute approximate surface area is 229 Å². The van der Waals surface area contributed by atoms with Gasteiger partial charge in [-0.2, -0.15) is 0 Å². The molecule has 5 rings (SSSR count). The minimum atomic E-state index is 0.0934. The number of hydrogen-bond donors (Lipinski definition) is 1. The smallest absolute Gasteiger partial charge is 0.159 e. The number of halogens is 2. The number of piperidine rings is 1. The van der Waals surface area contributed by atoms with E-state index in [1.165, 1.54) is 41.5 Å². The van der Waals surface area contributed by atoms with E-state index in [0.717, 1.165) is 70.0 Å². The van der Waals surface area contributed by atoms with Crippen molar-refractivity contribution >= 4 is 50.1 Å². The number of anilines is 1. The van der Waals surface area contributed by atoms with Crippen LogP contribution >= 0.6 is 38.5 Å². The lowest BCUT2D eigenvalue weighted by Crippen LogP contribution is -2.31. The molecule has 2 aromatic carbocycles. The van der Waals surface area contributed by atoms with E-state index >= 15 is 0 Å². The summed E-state index contributed by atoms with van der Waals surface area (Å²) >= 11 is 5.96. The molecule has 0 saturated carbocycles. The second-order valence-electron chi connectivity index (χ2n) is 9.55. The van der Waals surface area contributed by atoms with E-state index in [1.807, 2.05) is 12.1 Å². The highest BCUT2D eigenvalue weighted by Crippen LogP contribution is 2.40. The number of carbonyl (C=O) groups is 1. The molecule has 2 heterocycles. The Morgan fingerprint density at radius 3 is 2.71 bits per heavy atom. The van der Waals surface area contributed by atoms with Crippen LogP contribution in [-0.4, -0.2) is 46.8 Å². The highest BCUT2D eigenvalue weighted by molar-refractivity contribution is 14.1. The molecule has 1 fully saturated rings. The number of hydrogen-bond acceptors (Lipinski definition) is 5. The second-order valence-corrected chi connectivity index (χ2v) is 11.7. The minimum absolute atomic E-state index is 0.0934. The molecule has 1 N–H and O–H groups in total. The Kier molecular flexibility index (Phi) is 7.84. The van der Waals surface area contributed by atoms with Gasteiger partial charge in [0.05, 0.1) is 5.69 Å². The van der Waals surface area contributed by atoms with Crippen LogP contribution in [-0.2, 0) is 12.8 Å². The normalized spacial score (nSPS) is 15.1. The lowest BCUT2D eigenvalue weighted by Gasteiger charge is -2.26. The summed E-state index contributed by atoms with van der Waals surface area (Å²) in [6, 6.07) is 12.4. The zero-order chi connectivity index (χ0) is 24.4. The molecule has 182 valence electrons. The molecule has 2 aliphatic rings. The predicted octanol–water partition coefficient (Wildman–Crippen LogP) is 6.50. The largest absolute Gasteiger partial charge is 0.369 e.